The van der Waals surface area contributed by atoms with Crippen molar-refractivity contribution in [2.75, 3.05) is 53.9 Å². The third-order valence-corrected chi connectivity index (χ3v) is 5.95. The first kappa shape index (κ1) is 23.2. The van der Waals surface area contributed by atoms with Gasteiger partial charge in [-0.15, -0.1) is 24.0 Å². The quantitative estimate of drug-likeness (QED) is 0.342. The summed E-state index contributed by atoms with van der Waals surface area (Å²) in [4.78, 5) is 9.44. The second kappa shape index (κ2) is 11.8. The molecule has 0 spiro atoms. The van der Waals surface area contributed by atoms with Gasteiger partial charge in [-0.25, -0.2) is 0 Å². The van der Waals surface area contributed by atoms with Gasteiger partial charge in [-0.1, -0.05) is 12.1 Å². The van der Waals surface area contributed by atoms with E-state index in [0.29, 0.717) is 12.1 Å². The monoisotopic (exact) mass is 501 g/mol. The maximum absolute atomic E-state index is 5.32. The summed E-state index contributed by atoms with van der Waals surface area (Å²) in [7, 11) is 5.78. The van der Waals surface area contributed by atoms with Gasteiger partial charge in [-0.3, -0.25) is 9.89 Å². The van der Waals surface area contributed by atoms with E-state index >= 15 is 0 Å². The standard InChI is InChI=1S/C21H35N5O.HI/c1-22-21(23-15-18-7-6-12-25(18)2)24-16-20(26-13-4-5-14-26)17-8-10-19(27-3)11-9-17;/h8-11,18,20H,4-7,12-16H2,1-3H3,(H2,22,23,24);1H. The van der Waals surface area contributed by atoms with Gasteiger partial charge >= 0.3 is 0 Å². The van der Waals surface area contributed by atoms with E-state index in [0.717, 1.165) is 37.9 Å². The van der Waals surface area contributed by atoms with Crippen LogP contribution in [0.5, 0.6) is 5.75 Å². The number of methoxy groups -OCH3 is 1. The number of hydrogen-bond donors (Lipinski definition) is 2. The number of nitrogens with one attached hydrogen (secondary N) is 2. The van der Waals surface area contributed by atoms with Crippen LogP contribution in [0.1, 0.15) is 37.3 Å². The predicted octanol–water partition coefficient (Wildman–Crippen LogP) is 2.71. The lowest BCUT2D eigenvalue weighted by Crippen LogP contribution is -2.46. The summed E-state index contributed by atoms with van der Waals surface area (Å²) in [6, 6.07) is 9.45. The van der Waals surface area contributed by atoms with Crippen LogP contribution in [0.2, 0.25) is 0 Å². The molecule has 0 radical (unpaired) electrons. The Morgan fingerprint density at radius 2 is 1.86 bits per heavy atom. The molecule has 7 heteroatoms. The molecule has 0 amide bonds. The van der Waals surface area contributed by atoms with Gasteiger partial charge in [-0.05, 0) is 70.1 Å². The van der Waals surface area contributed by atoms with Crippen molar-refractivity contribution in [3.8, 4) is 5.75 Å². The SMILES string of the molecule is CN=C(NCC1CCCN1C)NCC(c1ccc(OC)cc1)N1CCCC1.I. The first-order chi connectivity index (χ1) is 13.2. The number of halogens is 1. The van der Waals surface area contributed by atoms with Crippen LogP contribution in [-0.2, 0) is 0 Å². The molecule has 3 rings (SSSR count). The van der Waals surface area contributed by atoms with Gasteiger partial charge in [0.25, 0.3) is 0 Å². The van der Waals surface area contributed by atoms with E-state index in [1.165, 1.54) is 37.8 Å². The molecule has 0 aliphatic carbocycles. The highest BCUT2D eigenvalue weighted by molar-refractivity contribution is 14.0. The zero-order valence-corrected chi connectivity index (χ0v) is 19.8. The van der Waals surface area contributed by atoms with Crippen LogP contribution in [0.3, 0.4) is 0 Å². The van der Waals surface area contributed by atoms with Crippen molar-refractivity contribution in [3.05, 3.63) is 29.8 Å². The zero-order chi connectivity index (χ0) is 19.1. The molecule has 2 fully saturated rings. The molecular weight excluding hydrogens is 465 g/mol. The average molecular weight is 501 g/mol. The molecule has 0 bridgehead atoms. The fourth-order valence-electron chi connectivity index (χ4n) is 4.20. The van der Waals surface area contributed by atoms with E-state index in [9.17, 15) is 0 Å². The van der Waals surface area contributed by atoms with Crippen LogP contribution >= 0.6 is 24.0 Å². The lowest BCUT2D eigenvalue weighted by atomic mass is 10.1. The van der Waals surface area contributed by atoms with Crippen molar-refractivity contribution in [1.82, 2.24) is 20.4 Å². The third kappa shape index (κ3) is 6.22. The van der Waals surface area contributed by atoms with E-state index in [4.69, 9.17) is 4.74 Å². The molecule has 0 saturated carbocycles. The van der Waals surface area contributed by atoms with Gasteiger partial charge < -0.3 is 20.3 Å². The molecule has 2 aliphatic rings. The highest BCUT2D eigenvalue weighted by atomic mass is 127. The van der Waals surface area contributed by atoms with Gasteiger partial charge in [-0.2, -0.15) is 0 Å². The Kier molecular flexibility index (Phi) is 9.81. The lowest BCUT2D eigenvalue weighted by Gasteiger charge is -2.29. The Balaban J connectivity index is 0.00000280. The molecule has 2 aliphatic heterocycles. The molecule has 158 valence electrons. The van der Waals surface area contributed by atoms with E-state index in [2.05, 4.69) is 56.7 Å². The highest BCUT2D eigenvalue weighted by Gasteiger charge is 2.24. The Hall–Kier alpha value is -1.06. The molecule has 28 heavy (non-hydrogen) atoms. The van der Waals surface area contributed by atoms with Gasteiger partial charge in [0, 0.05) is 26.2 Å². The van der Waals surface area contributed by atoms with E-state index in [-0.39, 0.29) is 24.0 Å². The number of ether oxygens (including phenoxy) is 1. The van der Waals surface area contributed by atoms with Crippen molar-refractivity contribution in [3.63, 3.8) is 0 Å². The summed E-state index contributed by atoms with van der Waals surface area (Å²) < 4.78 is 5.32. The van der Waals surface area contributed by atoms with Crippen LogP contribution in [0, 0.1) is 0 Å². The predicted molar refractivity (Wildman–Crippen MR) is 127 cm³/mol. The van der Waals surface area contributed by atoms with E-state index in [1.807, 2.05) is 7.05 Å². The minimum atomic E-state index is 0. The normalized spacial score (nSPS) is 22.0. The number of nitrogens with zero attached hydrogens (tertiary/aromatic N) is 3. The fourth-order valence-corrected chi connectivity index (χ4v) is 4.20. The van der Waals surface area contributed by atoms with Crippen molar-refractivity contribution in [2.45, 2.75) is 37.8 Å². The Bertz CT molecular complexity index is 603. The maximum Gasteiger partial charge on any atom is 0.191 e. The first-order valence-corrected chi connectivity index (χ1v) is 10.2. The van der Waals surface area contributed by atoms with E-state index in [1.54, 1.807) is 7.11 Å². The molecule has 1 aromatic rings. The molecule has 2 unspecified atom stereocenters. The number of likely N-dealkylation sites (N-methyl/N-ethyl adjacent to an activating group) is 1. The summed E-state index contributed by atoms with van der Waals surface area (Å²) in [5.74, 6) is 1.80. The molecule has 2 N–H and O–H groups in total. The molecule has 2 atom stereocenters. The Labute approximate surface area is 187 Å². The number of guanidine groups is 1. The van der Waals surface area contributed by atoms with Crippen molar-refractivity contribution >= 4 is 29.9 Å². The molecular formula is C21H36IN5O. The van der Waals surface area contributed by atoms with Crippen LogP contribution < -0.4 is 15.4 Å². The first-order valence-electron chi connectivity index (χ1n) is 10.2. The number of benzene rings is 1. The number of hydrogen-bond acceptors (Lipinski definition) is 4. The molecule has 6 nitrogen and oxygen atoms in total. The smallest absolute Gasteiger partial charge is 0.191 e. The number of likely N-dealkylation sites (tertiary alicyclic amines) is 2. The topological polar surface area (TPSA) is 52.1 Å². The van der Waals surface area contributed by atoms with Gasteiger partial charge in [0.1, 0.15) is 5.75 Å². The number of rotatable bonds is 7. The van der Waals surface area contributed by atoms with Gasteiger partial charge in [0.05, 0.1) is 13.2 Å². The summed E-state index contributed by atoms with van der Waals surface area (Å²) >= 11 is 0. The molecule has 2 heterocycles. The summed E-state index contributed by atoms with van der Waals surface area (Å²) in [5.41, 5.74) is 1.33. The van der Waals surface area contributed by atoms with Crippen LogP contribution in [-0.4, -0.2) is 75.7 Å². The van der Waals surface area contributed by atoms with Crippen molar-refractivity contribution in [1.29, 1.82) is 0 Å². The largest absolute Gasteiger partial charge is 0.497 e. The molecule has 1 aromatic carbocycles. The minimum Gasteiger partial charge on any atom is -0.497 e. The van der Waals surface area contributed by atoms with Gasteiger partial charge in [0.2, 0.25) is 0 Å². The fraction of sp³-hybridized carbons (Fsp3) is 0.667. The maximum atomic E-state index is 5.32. The van der Waals surface area contributed by atoms with Crippen LogP contribution in [0.4, 0.5) is 0 Å². The Morgan fingerprint density at radius 3 is 2.43 bits per heavy atom. The van der Waals surface area contributed by atoms with Crippen LogP contribution in [0.15, 0.2) is 29.3 Å². The third-order valence-electron chi connectivity index (χ3n) is 5.95. The molecule has 0 aromatic heterocycles. The number of aliphatic imine (C=N–C) groups is 1. The summed E-state index contributed by atoms with van der Waals surface area (Å²) in [5, 5.41) is 7.08. The summed E-state index contributed by atoms with van der Waals surface area (Å²) in [6.45, 7) is 5.33. The second-order valence-corrected chi connectivity index (χ2v) is 7.64. The molecule has 2 saturated heterocycles. The summed E-state index contributed by atoms with van der Waals surface area (Å²) in [6.07, 6.45) is 5.13. The van der Waals surface area contributed by atoms with Crippen molar-refractivity contribution < 1.29 is 4.74 Å². The minimum absolute atomic E-state index is 0. The van der Waals surface area contributed by atoms with Gasteiger partial charge in [0.15, 0.2) is 5.96 Å². The Morgan fingerprint density at radius 1 is 1.14 bits per heavy atom. The average Bonchev–Trinajstić information content (AvgIpc) is 3.37. The van der Waals surface area contributed by atoms with Crippen LogP contribution in [0.25, 0.3) is 0 Å². The highest BCUT2D eigenvalue weighted by Crippen LogP contribution is 2.26. The van der Waals surface area contributed by atoms with Crippen molar-refractivity contribution in [2.24, 2.45) is 4.99 Å². The zero-order valence-electron chi connectivity index (χ0n) is 17.5. The lowest BCUT2D eigenvalue weighted by molar-refractivity contribution is 0.245. The second-order valence-electron chi connectivity index (χ2n) is 7.64. The van der Waals surface area contributed by atoms with E-state index < -0.39 is 0 Å².